The number of aliphatic imine (C=N–C) groups is 1. The van der Waals surface area contributed by atoms with Gasteiger partial charge in [0.15, 0.2) is 5.70 Å². The predicted octanol–water partition coefficient (Wildman–Crippen LogP) is 4.16. The molecular formula is C15H10BrNO2S. The smallest absolute Gasteiger partial charge is 0.363 e. The summed E-state index contributed by atoms with van der Waals surface area (Å²) in [5.41, 5.74) is 2.28. The summed E-state index contributed by atoms with van der Waals surface area (Å²) in [4.78, 5) is 17.1. The Balaban J connectivity index is 1.92. The van der Waals surface area contributed by atoms with Gasteiger partial charge in [0.1, 0.15) is 0 Å². The fraction of sp³-hybridized carbons (Fsp3) is 0.0667. The lowest BCUT2D eigenvalue weighted by Crippen LogP contribution is -2.05. The number of carbonyl (C=O) groups excluding carboxylic acids is 1. The lowest BCUT2D eigenvalue weighted by atomic mass is 10.1. The predicted molar refractivity (Wildman–Crippen MR) is 83.8 cm³/mol. The zero-order valence-corrected chi connectivity index (χ0v) is 13.0. The standard InChI is InChI=1S/C15H10BrNO2S/c1-9-2-4-10(5-3-9)14-17-12(15(18)19-14)8-11-6-7-13(16)20-11/h2-8H,1H3/b12-8+. The Morgan fingerprint density at radius 3 is 2.60 bits per heavy atom. The number of aryl methyl sites for hydroxylation is 1. The second-order valence-corrected chi connectivity index (χ2v) is 6.84. The molecule has 1 aromatic heterocycles. The number of hydrogen-bond acceptors (Lipinski definition) is 4. The van der Waals surface area contributed by atoms with Crippen molar-refractivity contribution in [3.63, 3.8) is 0 Å². The van der Waals surface area contributed by atoms with Gasteiger partial charge >= 0.3 is 5.97 Å². The molecule has 0 spiro atoms. The zero-order valence-electron chi connectivity index (χ0n) is 10.6. The second kappa shape index (κ2) is 5.34. The molecule has 3 rings (SSSR count). The fourth-order valence-electron chi connectivity index (χ4n) is 1.77. The van der Waals surface area contributed by atoms with E-state index < -0.39 is 5.97 Å². The lowest BCUT2D eigenvalue weighted by molar-refractivity contribution is -0.129. The van der Waals surface area contributed by atoms with Gasteiger partial charge in [0, 0.05) is 10.4 Å². The van der Waals surface area contributed by atoms with E-state index in [9.17, 15) is 4.79 Å². The highest BCUT2D eigenvalue weighted by Crippen LogP contribution is 2.26. The Kier molecular flexibility index (Phi) is 3.54. The number of esters is 1. The molecule has 0 radical (unpaired) electrons. The van der Waals surface area contributed by atoms with Gasteiger partial charge in [0.25, 0.3) is 0 Å². The maximum absolute atomic E-state index is 11.8. The Labute approximate surface area is 128 Å². The van der Waals surface area contributed by atoms with Crippen molar-refractivity contribution in [2.45, 2.75) is 6.92 Å². The van der Waals surface area contributed by atoms with Crippen molar-refractivity contribution in [2.75, 3.05) is 0 Å². The van der Waals surface area contributed by atoms with Crippen LogP contribution in [0.15, 0.2) is 50.9 Å². The largest absolute Gasteiger partial charge is 0.402 e. The first kappa shape index (κ1) is 13.3. The van der Waals surface area contributed by atoms with Crippen LogP contribution in [0.3, 0.4) is 0 Å². The molecule has 0 aliphatic carbocycles. The number of hydrogen-bond donors (Lipinski definition) is 0. The average molecular weight is 348 g/mol. The minimum Gasteiger partial charge on any atom is -0.402 e. The third kappa shape index (κ3) is 2.73. The van der Waals surface area contributed by atoms with Crippen molar-refractivity contribution in [2.24, 2.45) is 4.99 Å². The summed E-state index contributed by atoms with van der Waals surface area (Å²) < 4.78 is 6.23. The molecule has 0 atom stereocenters. The number of rotatable bonds is 2. The van der Waals surface area contributed by atoms with Gasteiger partial charge in [-0.3, -0.25) is 0 Å². The minimum atomic E-state index is -0.412. The molecule has 1 aromatic carbocycles. The van der Waals surface area contributed by atoms with Crippen molar-refractivity contribution >= 4 is 45.2 Å². The summed E-state index contributed by atoms with van der Waals surface area (Å²) in [6, 6.07) is 11.6. The Morgan fingerprint density at radius 1 is 1.20 bits per heavy atom. The number of ether oxygens (including phenoxy) is 1. The van der Waals surface area contributed by atoms with Crippen LogP contribution in [0.4, 0.5) is 0 Å². The van der Waals surface area contributed by atoms with Gasteiger partial charge in [-0.25, -0.2) is 9.79 Å². The van der Waals surface area contributed by atoms with Crippen molar-refractivity contribution in [1.29, 1.82) is 0 Å². The highest BCUT2D eigenvalue weighted by molar-refractivity contribution is 9.11. The Morgan fingerprint density at radius 2 is 1.95 bits per heavy atom. The van der Waals surface area contributed by atoms with E-state index >= 15 is 0 Å². The molecule has 2 heterocycles. The van der Waals surface area contributed by atoms with Crippen LogP contribution in [-0.4, -0.2) is 11.9 Å². The SMILES string of the molecule is Cc1ccc(C2=N/C(=C/c3ccc(Br)s3)C(=O)O2)cc1. The summed E-state index contributed by atoms with van der Waals surface area (Å²) >= 11 is 4.93. The summed E-state index contributed by atoms with van der Waals surface area (Å²) in [7, 11) is 0. The molecule has 0 unspecified atom stereocenters. The maximum atomic E-state index is 11.8. The average Bonchev–Trinajstić information content (AvgIpc) is 2.98. The van der Waals surface area contributed by atoms with E-state index in [0.29, 0.717) is 11.6 Å². The van der Waals surface area contributed by atoms with Gasteiger partial charge in [0.05, 0.1) is 3.79 Å². The minimum absolute atomic E-state index is 0.329. The van der Waals surface area contributed by atoms with Gasteiger partial charge in [-0.15, -0.1) is 11.3 Å². The third-order valence-corrected chi connectivity index (χ3v) is 4.36. The van der Waals surface area contributed by atoms with Gasteiger partial charge in [-0.2, -0.15) is 0 Å². The monoisotopic (exact) mass is 347 g/mol. The molecule has 20 heavy (non-hydrogen) atoms. The summed E-state index contributed by atoms with van der Waals surface area (Å²) in [5, 5.41) is 0. The highest BCUT2D eigenvalue weighted by atomic mass is 79.9. The highest BCUT2D eigenvalue weighted by Gasteiger charge is 2.24. The van der Waals surface area contributed by atoms with Crippen LogP contribution in [0, 0.1) is 6.92 Å². The molecule has 1 aliphatic rings. The van der Waals surface area contributed by atoms with Gasteiger partial charge in [-0.05, 0) is 53.2 Å². The van der Waals surface area contributed by atoms with Crippen LogP contribution in [0.1, 0.15) is 16.0 Å². The quantitative estimate of drug-likeness (QED) is 0.604. The normalized spacial score (nSPS) is 16.4. The maximum Gasteiger partial charge on any atom is 0.363 e. The van der Waals surface area contributed by atoms with Gasteiger partial charge < -0.3 is 4.74 Å². The van der Waals surface area contributed by atoms with Crippen molar-refractivity contribution < 1.29 is 9.53 Å². The van der Waals surface area contributed by atoms with E-state index in [2.05, 4.69) is 20.9 Å². The molecule has 0 saturated heterocycles. The number of benzene rings is 1. The Bertz CT molecular complexity index is 729. The van der Waals surface area contributed by atoms with E-state index in [1.165, 1.54) is 11.3 Å². The van der Waals surface area contributed by atoms with Crippen LogP contribution < -0.4 is 0 Å². The molecule has 1 aliphatic heterocycles. The van der Waals surface area contributed by atoms with Gasteiger partial charge in [-0.1, -0.05) is 17.7 Å². The van der Waals surface area contributed by atoms with E-state index in [4.69, 9.17) is 4.74 Å². The van der Waals surface area contributed by atoms with Crippen LogP contribution in [0.25, 0.3) is 6.08 Å². The lowest BCUT2D eigenvalue weighted by Gasteiger charge is -1.99. The first-order valence-corrected chi connectivity index (χ1v) is 7.58. The van der Waals surface area contributed by atoms with Gasteiger partial charge in [0.2, 0.25) is 5.90 Å². The summed E-state index contributed by atoms with van der Waals surface area (Å²) in [6.07, 6.45) is 1.74. The molecule has 5 heteroatoms. The third-order valence-electron chi connectivity index (χ3n) is 2.79. The number of cyclic esters (lactones) is 1. The second-order valence-electron chi connectivity index (χ2n) is 4.34. The molecule has 100 valence electrons. The topological polar surface area (TPSA) is 38.7 Å². The van der Waals surface area contributed by atoms with Crippen molar-refractivity contribution in [3.05, 3.63) is 61.9 Å². The number of halogens is 1. The molecule has 0 saturated carbocycles. The number of thiophene rings is 1. The number of carbonyl (C=O) groups is 1. The van der Waals surface area contributed by atoms with Crippen molar-refractivity contribution in [1.82, 2.24) is 0 Å². The molecule has 0 amide bonds. The molecule has 0 bridgehead atoms. The Hall–Kier alpha value is -1.72. The molecule has 2 aromatic rings. The van der Waals surface area contributed by atoms with E-state index in [0.717, 1.165) is 19.8 Å². The van der Waals surface area contributed by atoms with E-state index in [1.807, 2.05) is 43.3 Å². The molecule has 3 nitrogen and oxygen atoms in total. The first-order chi connectivity index (χ1) is 9.61. The van der Waals surface area contributed by atoms with Crippen LogP contribution in [0.2, 0.25) is 0 Å². The molecule has 0 N–H and O–H groups in total. The molecule has 0 fully saturated rings. The summed E-state index contributed by atoms with van der Waals surface area (Å²) in [5.74, 6) is -0.0537. The fourth-order valence-corrected chi connectivity index (χ4v) is 3.13. The first-order valence-electron chi connectivity index (χ1n) is 5.97. The van der Waals surface area contributed by atoms with E-state index in [-0.39, 0.29) is 0 Å². The number of nitrogens with zero attached hydrogens (tertiary/aromatic N) is 1. The summed E-state index contributed by atoms with van der Waals surface area (Å²) in [6.45, 7) is 2.01. The molecular weight excluding hydrogens is 338 g/mol. The zero-order chi connectivity index (χ0) is 14.1. The van der Waals surface area contributed by atoms with Crippen LogP contribution in [-0.2, 0) is 9.53 Å². The van der Waals surface area contributed by atoms with Crippen LogP contribution >= 0.6 is 27.3 Å². The van der Waals surface area contributed by atoms with E-state index in [1.54, 1.807) is 6.08 Å². The van der Waals surface area contributed by atoms with Crippen LogP contribution in [0.5, 0.6) is 0 Å². The van der Waals surface area contributed by atoms with Crippen molar-refractivity contribution in [3.8, 4) is 0 Å².